The molecule has 8 heteroatoms. The van der Waals surface area contributed by atoms with Gasteiger partial charge in [0, 0.05) is 5.56 Å². The minimum absolute atomic E-state index is 0.258. The van der Waals surface area contributed by atoms with E-state index < -0.39 is 12.6 Å². The fourth-order valence-corrected chi connectivity index (χ4v) is 3.14. The van der Waals surface area contributed by atoms with Crippen LogP contribution in [0.1, 0.15) is 11.1 Å². The van der Waals surface area contributed by atoms with Crippen molar-refractivity contribution in [2.45, 2.75) is 6.42 Å². The van der Waals surface area contributed by atoms with E-state index in [0.717, 1.165) is 0 Å². The summed E-state index contributed by atoms with van der Waals surface area (Å²) in [7, 11) is 1.45. The molecule has 0 aliphatic carbocycles. The van der Waals surface area contributed by atoms with Crippen LogP contribution >= 0.6 is 24.0 Å². The average Bonchev–Trinajstić information content (AvgIpc) is 2.83. The van der Waals surface area contributed by atoms with Crippen LogP contribution in [0.4, 0.5) is 0 Å². The first-order valence-electron chi connectivity index (χ1n) is 6.84. The van der Waals surface area contributed by atoms with Crippen molar-refractivity contribution in [1.29, 1.82) is 0 Å². The van der Waals surface area contributed by atoms with Crippen LogP contribution in [0.3, 0.4) is 0 Å². The number of hydrogen-bond donors (Lipinski definition) is 1. The van der Waals surface area contributed by atoms with Crippen LogP contribution in [-0.2, 0) is 16.0 Å². The second-order valence-electron chi connectivity index (χ2n) is 4.72. The number of rotatable bonds is 7. The van der Waals surface area contributed by atoms with Crippen LogP contribution in [0, 0.1) is 0 Å². The van der Waals surface area contributed by atoms with E-state index in [4.69, 9.17) is 21.7 Å². The first kappa shape index (κ1) is 18.0. The Kier molecular flexibility index (Phi) is 5.99. The van der Waals surface area contributed by atoms with Gasteiger partial charge in [0.05, 0.1) is 18.0 Å². The van der Waals surface area contributed by atoms with Gasteiger partial charge in [0.2, 0.25) is 0 Å². The summed E-state index contributed by atoms with van der Waals surface area (Å²) in [4.78, 5) is 22.9. The minimum Gasteiger partial charge on any atom is -0.546 e. The Bertz CT molecular complexity index is 742. The van der Waals surface area contributed by atoms with Crippen LogP contribution in [0.25, 0.3) is 6.08 Å². The second-order valence-corrected chi connectivity index (χ2v) is 6.44. The van der Waals surface area contributed by atoms with Gasteiger partial charge in [-0.15, -0.1) is 6.58 Å². The second kappa shape index (κ2) is 7.98. The maximum absolute atomic E-state index is 11.8. The molecule has 0 saturated carbocycles. The molecule has 0 radical (unpaired) electrons. The zero-order valence-electron chi connectivity index (χ0n) is 12.8. The topological polar surface area (TPSA) is 87.7 Å². The number of thiocarbonyl (C=S) groups is 1. The first-order valence-corrected chi connectivity index (χ1v) is 8.06. The lowest BCUT2D eigenvalue weighted by atomic mass is 10.0. The predicted octanol–water partition coefficient (Wildman–Crippen LogP) is 1.04. The molecule has 0 atom stereocenters. The van der Waals surface area contributed by atoms with Crippen molar-refractivity contribution in [1.82, 2.24) is 5.32 Å². The number of hydrogen-bond acceptors (Lipinski definition) is 7. The molecule has 1 aromatic rings. The van der Waals surface area contributed by atoms with Crippen molar-refractivity contribution in [3.8, 4) is 11.5 Å². The Morgan fingerprint density at radius 2 is 2.25 bits per heavy atom. The number of nitrogens with one attached hydrogen (secondary N) is 1. The summed E-state index contributed by atoms with van der Waals surface area (Å²) in [6.45, 7) is 3.09. The number of carboxylic acids is 1. The van der Waals surface area contributed by atoms with Crippen molar-refractivity contribution < 1.29 is 24.2 Å². The Morgan fingerprint density at radius 3 is 2.79 bits per heavy atom. The third-order valence-corrected chi connectivity index (χ3v) is 4.18. The average molecular weight is 364 g/mol. The number of carboxylic acid groups (broad SMARTS) is 1. The normalized spacial score (nSPS) is 15.3. The Labute approximate surface area is 148 Å². The first-order chi connectivity index (χ1) is 11.4. The van der Waals surface area contributed by atoms with Gasteiger partial charge >= 0.3 is 0 Å². The van der Waals surface area contributed by atoms with Gasteiger partial charge in [-0.2, -0.15) is 0 Å². The van der Waals surface area contributed by atoms with E-state index in [-0.39, 0.29) is 5.91 Å². The number of allylic oxidation sites excluding steroid dienone is 1. The van der Waals surface area contributed by atoms with Crippen molar-refractivity contribution >= 4 is 46.3 Å². The van der Waals surface area contributed by atoms with Gasteiger partial charge in [-0.3, -0.25) is 4.79 Å². The van der Waals surface area contributed by atoms with E-state index in [0.29, 0.717) is 38.3 Å². The van der Waals surface area contributed by atoms with Crippen LogP contribution in [-0.4, -0.2) is 29.9 Å². The highest BCUT2D eigenvalue weighted by atomic mass is 32.2. The summed E-state index contributed by atoms with van der Waals surface area (Å²) in [5, 5.41) is 13.2. The van der Waals surface area contributed by atoms with E-state index in [9.17, 15) is 14.7 Å². The maximum atomic E-state index is 11.8. The number of aliphatic carboxylic acids is 1. The van der Waals surface area contributed by atoms with Gasteiger partial charge in [-0.05, 0) is 30.2 Å². The number of benzene rings is 1. The maximum Gasteiger partial charge on any atom is 0.263 e. The van der Waals surface area contributed by atoms with Gasteiger partial charge < -0.3 is 24.7 Å². The lowest BCUT2D eigenvalue weighted by Crippen LogP contribution is -2.29. The zero-order valence-corrected chi connectivity index (χ0v) is 14.4. The van der Waals surface area contributed by atoms with Crippen LogP contribution in [0.5, 0.6) is 11.5 Å². The van der Waals surface area contributed by atoms with E-state index in [2.05, 4.69) is 11.9 Å². The van der Waals surface area contributed by atoms with Crippen molar-refractivity contribution in [2.24, 2.45) is 0 Å². The fourth-order valence-electron chi connectivity index (χ4n) is 2.09. The summed E-state index contributed by atoms with van der Waals surface area (Å²) in [5.41, 5.74) is 1.38. The molecule has 1 heterocycles. The number of thioether (sulfide) groups is 1. The van der Waals surface area contributed by atoms with E-state index >= 15 is 0 Å². The number of methoxy groups -OCH3 is 1. The molecule has 1 saturated heterocycles. The molecule has 0 bridgehead atoms. The molecular weight excluding hydrogens is 350 g/mol. The van der Waals surface area contributed by atoms with E-state index in [1.807, 2.05) is 0 Å². The number of carbonyl (C=O) groups excluding carboxylic acids is 2. The van der Waals surface area contributed by atoms with Crippen LogP contribution < -0.4 is 19.9 Å². The quantitative estimate of drug-likeness (QED) is 0.439. The van der Waals surface area contributed by atoms with Gasteiger partial charge in [-0.25, -0.2) is 0 Å². The van der Waals surface area contributed by atoms with Crippen molar-refractivity contribution in [2.75, 3.05) is 13.7 Å². The predicted molar refractivity (Wildman–Crippen MR) is 93.7 cm³/mol. The molecule has 0 unspecified atom stereocenters. The van der Waals surface area contributed by atoms with Gasteiger partial charge in [0.25, 0.3) is 5.91 Å². The molecule has 1 aliphatic heterocycles. The molecule has 1 fully saturated rings. The van der Waals surface area contributed by atoms with Gasteiger partial charge in [-0.1, -0.05) is 30.1 Å². The highest BCUT2D eigenvalue weighted by molar-refractivity contribution is 8.26. The Hall–Kier alpha value is -2.32. The Balaban J connectivity index is 2.43. The lowest BCUT2D eigenvalue weighted by Gasteiger charge is -2.16. The zero-order chi connectivity index (χ0) is 17.7. The Morgan fingerprint density at radius 1 is 1.50 bits per heavy atom. The molecular formula is C16H14NO5S2-. The van der Waals surface area contributed by atoms with Crippen molar-refractivity contribution in [3.05, 3.63) is 40.8 Å². The van der Waals surface area contributed by atoms with Crippen LogP contribution in [0.2, 0.25) is 0 Å². The molecule has 1 amide bonds. The number of carbonyl (C=O) groups is 2. The fraction of sp³-hybridized carbons (Fsp3) is 0.188. The molecule has 126 valence electrons. The summed E-state index contributed by atoms with van der Waals surface area (Å²) >= 11 is 6.13. The van der Waals surface area contributed by atoms with Gasteiger partial charge in [0.1, 0.15) is 10.9 Å². The molecule has 1 N–H and O–H groups in total. The van der Waals surface area contributed by atoms with Crippen molar-refractivity contribution in [3.63, 3.8) is 0 Å². The molecule has 0 aromatic heterocycles. The highest BCUT2D eigenvalue weighted by Gasteiger charge is 2.22. The molecule has 1 aliphatic rings. The molecule has 0 spiro atoms. The third kappa shape index (κ3) is 4.36. The minimum atomic E-state index is -1.33. The summed E-state index contributed by atoms with van der Waals surface area (Å²) in [6.07, 6.45) is 3.77. The standard InChI is InChI=1S/C16H15NO5S2/c1-3-4-10-5-9(7-12-15(20)17-16(23)24-12)6-11(21-2)14(10)22-8-13(18)19/h3,5-7H,1,4,8H2,2H3,(H,18,19)(H,17,20,23)/p-1/b12-7+. The molecule has 6 nitrogen and oxygen atoms in total. The molecule has 1 aromatic carbocycles. The summed E-state index contributed by atoms with van der Waals surface area (Å²) in [5.74, 6) is -0.928. The number of ether oxygens (including phenoxy) is 2. The molecule has 24 heavy (non-hydrogen) atoms. The smallest absolute Gasteiger partial charge is 0.263 e. The largest absolute Gasteiger partial charge is 0.546 e. The third-order valence-electron chi connectivity index (χ3n) is 3.01. The lowest BCUT2D eigenvalue weighted by molar-refractivity contribution is -0.307. The van der Waals surface area contributed by atoms with E-state index in [1.165, 1.54) is 18.9 Å². The van der Waals surface area contributed by atoms with Crippen LogP contribution in [0.15, 0.2) is 29.7 Å². The summed E-state index contributed by atoms with van der Waals surface area (Å²) in [6, 6.07) is 3.43. The van der Waals surface area contributed by atoms with E-state index in [1.54, 1.807) is 24.3 Å². The summed E-state index contributed by atoms with van der Waals surface area (Å²) < 4.78 is 11.0. The molecule has 2 rings (SSSR count). The monoisotopic (exact) mass is 364 g/mol. The SMILES string of the molecule is C=CCc1cc(/C=C2/SC(=S)NC2=O)cc(OC)c1OCC(=O)[O-]. The number of amides is 1. The van der Waals surface area contributed by atoms with Gasteiger partial charge in [0.15, 0.2) is 11.5 Å². The highest BCUT2D eigenvalue weighted by Crippen LogP contribution is 2.35.